The molecule has 1 aromatic carbocycles. The fourth-order valence-corrected chi connectivity index (χ4v) is 2.08. The van der Waals surface area contributed by atoms with Crippen molar-refractivity contribution < 1.29 is 18.7 Å². The summed E-state index contributed by atoms with van der Waals surface area (Å²) in [4.78, 5) is 24.1. The van der Waals surface area contributed by atoms with Crippen molar-refractivity contribution in [2.24, 2.45) is 0 Å². The summed E-state index contributed by atoms with van der Waals surface area (Å²) in [5.74, 6) is -0.582. The highest BCUT2D eigenvalue weighted by Crippen LogP contribution is 2.11. The standard InChI is InChI=1S/C17H20FN3O4/c1-3-14(17(23)19-10-11-24-2)25-15-8-9-16(22)21(20-15)13-6-4-12(18)5-7-13/h4-9,14H,3,10-11H2,1-2H3,(H,19,23)/t14-/m0/s1. The number of halogens is 1. The van der Waals surface area contributed by atoms with Crippen molar-refractivity contribution in [3.05, 3.63) is 52.6 Å². The van der Waals surface area contributed by atoms with Crippen molar-refractivity contribution in [1.82, 2.24) is 15.1 Å². The van der Waals surface area contributed by atoms with Gasteiger partial charge in [-0.05, 0) is 30.7 Å². The second-order valence-corrected chi connectivity index (χ2v) is 5.20. The quantitative estimate of drug-likeness (QED) is 0.726. The van der Waals surface area contributed by atoms with Crippen LogP contribution in [0.4, 0.5) is 4.39 Å². The monoisotopic (exact) mass is 349 g/mol. The van der Waals surface area contributed by atoms with E-state index in [1.54, 1.807) is 14.0 Å². The molecule has 2 aromatic rings. The minimum Gasteiger partial charge on any atom is -0.463 e. The van der Waals surface area contributed by atoms with E-state index in [0.29, 0.717) is 25.3 Å². The first-order chi connectivity index (χ1) is 12.0. The summed E-state index contributed by atoms with van der Waals surface area (Å²) in [7, 11) is 1.54. The first kappa shape index (κ1) is 18.6. The summed E-state index contributed by atoms with van der Waals surface area (Å²) in [5, 5.41) is 6.79. The van der Waals surface area contributed by atoms with Crippen molar-refractivity contribution in [3.8, 4) is 11.6 Å². The molecule has 1 atom stereocenters. The number of benzene rings is 1. The summed E-state index contributed by atoms with van der Waals surface area (Å²) in [6.45, 7) is 2.57. The minimum atomic E-state index is -0.747. The Morgan fingerprint density at radius 1 is 1.28 bits per heavy atom. The number of nitrogens with one attached hydrogen (secondary N) is 1. The Balaban J connectivity index is 2.16. The normalized spacial score (nSPS) is 11.8. The lowest BCUT2D eigenvalue weighted by Crippen LogP contribution is -2.39. The highest BCUT2D eigenvalue weighted by atomic mass is 19.1. The van der Waals surface area contributed by atoms with Gasteiger partial charge in [-0.2, -0.15) is 4.68 Å². The third-order valence-electron chi connectivity index (χ3n) is 3.38. The lowest BCUT2D eigenvalue weighted by atomic mass is 10.2. The minimum absolute atomic E-state index is 0.123. The number of amides is 1. The van der Waals surface area contributed by atoms with E-state index in [4.69, 9.17) is 9.47 Å². The highest BCUT2D eigenvalue weighted by molar-refractivity contribution is 5.80. The van der Waals surface area contributed by atoms with Crippen LogP contribution in [0.3, 0.4) is 0 Å². The summed E-state index contributed by atoms with van der Waals surface area (Å²) >= 11 is 0. The van der Waals surface area contributed by atoms with Gasteiger partial charge in [0.2, 0.25) is 5.88 Å². The zero-order chi connectivity index (χ0) is 18.2. The van der Waals surface area contributed by atoms with Crippen molar-refractivity contribution in [2.75, 3.05) is 20.3 Å². The summed E-state index contributed by atoms with van der Waals surface area (Å²) in [6, 6.07) is 8.00. The molecule has 8 heteroatoms. The van der Waals surface area contributed by atoms with Gasteiger partial charge in [-0.1, -0.05) is 6.92 Å². The lowest BCUT2D eigenvalue weighted by molar-refractivity contribution is -0.128. The van der Waals surface area contributed by atoms with Gasteiger partial charge in [0, 0.05) is 25.8 Å². The van der Waals surface area contributed by atoms with Crippen molar-refractivity contribution >= 4 is 5.91 Å². The number of hydrogen-bond acceptors (Lipinski definition) is 5. The Labute approximate surface area is 144 Å². The van der Waals surface area contributed by atoms with E-state index in [-0.39, 0.29) is 11.8 Å². The molecule has 1 amide bonds. The number of aromatic nitrogens is 2. The van der Waals surface area contributed by atoms with Crippen LogP contribution in [-0.4, -0.2) is 42.1 Å². The number of rotatable bonds is 8. The molecule has 0 bridgehead atoms. The van der Waals surface area contributed by atoms with E-state index in [9.17, 15) is 14.0 Å². The average Bonchev–Trinajstić information content (AvgIpc) is 2.62. The number of carbonyl (C=O) groups excluding carboxylic acids is 1. The maximum Gasteiger partial charge on any atom is 0.271 e. The lowest BCUT2D eigenvalue weighted by Gasteiger charge is -2.17. The van der Waals surface area contributed by atoms with Gasteiger partial charge >= 0.3 is 0 Å². The topological polar surface area (TPSA) is 82.5 Å². The molecule has 25 heavy (non-hydrogen) atoms. The Kier molecular flexibility index (Phi) is 6.64. The Hall–Kier alpha value is -2.74. The molecule has 0 aliphatic heterocycles. The van der Waals surface area contributed by atoms with E-state index in [1.807, 2.05) is 0 Å². The third-order valence-corrected chi connectivity index (χ3v) is 3.38. The molecule has 0 aliphatic rings. The highest BCUT2D eigenvalue weighted by Gasteiger charge is 2.19. The second-order valence-electron chi connectivity index (χ2n) is 5.20. The molecule has 0 unspecified atom stereocenters. The summed E-state index contributed by atoms with van der Waals surface area (Å²) in [6.07, 6.45) is -0.320. The molecule has 0 radical (unpaired) electrons. The number of nitrogens with zero attached hydrogens (tertiary/aromatic N) is 2. The van der Waals surface area contributed by atoms with Crippen LogP contribution in [-0.2, 0) is 9.53 Å². The fraction of sp³-hybridized carbons (Fsp3) is 0.353. The molecule has 1 aromatic heterocycles. The van der Waals surface area contributed by atoms with E-state index in [2.05, 4.69) is 10.4 Å². The smallest absolute Gasteiger partial charge is 0.271 e. The Bertz CT molecular complexity index is 761. The molecule has 1 heterocycles. The van der Waals surface area contributed by atoms with Crippen molar-refractivity contribution in [1.29, 1.82) is 0 Å². The van der Waals surface area contributed by atoms with E-state index in [1.165, 1.54) is 36.4 Å². The van der Waals surface area contributed by atoms with E-state index >= 15 is 0 Å². The first-order valence-corrected chi connectivity index (χ1v) is 7.84. The number of methoxy groups -OCH3 is 1. The van der Waals surface area contributed by atoms with Gasteiger partial charge in [-0.3, -0.25) is 9.59 Å². The van der Waals surface area contributed by atoms with Crippen LogP contribution in [0.5, 0.6) is 5.88 Å². The molecule has 0 saturated heterocycles. The predicted molar refractivity (Wildman–Crippen MR) is 89.4 cm³/mol. The zero-order valence-corrected chi connectivity index (χ0v) is 14.1. The predicted octanol–water partition coefficient (Wildman–Crippen LogP) is 1.29. The van der Waals surface area contributed by atoms with Gasteiger partial charge in [-0.15, -0.1) is 5.10 Å². The van der Waals surface area contributed by atoms with Crippen LogP contribution < -0.4 is 15.6 Å². The van der Waals surface area contributed by atoms with Crippen LogP contribution in [0.1, 0.15) is 13.3 Å². The molecular weight excluding hydrogens is 329 g/mol. The van der Waals surface area contributed by atoms with E-state index < -0.39 is 17.5 Å². The van der Waals surface area contributed by atoms with Gasteiger partial charge in [0.1, 0.15) is 5.82 Å². The maximum absolute atomic E-state index is 13.0. The first-order valence-electron chi connectivity index (χ1n) is 7.84. The van der Waals surface area contributed by atoms with Crippen LogP contribution in [0, 0.1) is 5.82 Å². The van der Waals surface area contributed by atoms with Gasteiger partial charge < -0.3 is 14.8 Å². The van der Waals surface area contributed by atoms with Crippen LogP contribution in [0.25, 0.3) is 5.69 Å². The van der Waals surface area contributed by atoms with Crippen LogP contribution in [0.15, 0.2) is 41.2 Å². The van der Waals surface area contributed by atoms with E-state index in [0.717, 1.165) is 4.68 Å². The number of ether oxygens (including phenoxy) is 2. The number of hydrogen-bond donors (Lipinski definition) is 1. The molecule has 0 spiro atoms. The van der Waals surface area contributed by atoms with Crippen LogP contribution in [0.2, 0.25) is 0 Å². The molecule has 0 aliphatic carbocycles. The molecule has 134 valence electrons. The largest absolute Gasteiger partial charge is 0.463 e. The van der Waals surface area contributed by atoms with Crippen molar-refractivity contribution in [3.63, 3.8) is 0 Å². The Morgan fingerprint density at radius 2 is 2.00 bits per heavy atom. The third kappa shape index (κ3) is 5.12. The second kappa shape index (κ2) is 8.93. The van der Waals surface area contributed by atoms with Gasteiger partial charge in [0.15, 0.2) is 6.10 Å². The maximum atomic E-state index is 13.0. The molecule has 2 rings (SSSR count). The summed E-state index contributed by atoms with van der Waals surface area (Å²) in [5.41, 5.74) is 0.00555. The van der Waals surface area contributed by atoms with Gasteiger partial charge in [0.25, 0.3) is 11.5 Å². The Morgan fingerprint density at radius 3 is 2.64 bits per heavy atom. The zero-order valence-electron chi connectivity index (χ0n) is 14.1. The average molecular weight is 349 g/mol. The molecule has 0 saturated carbocycles. The molecule has 1 N–H and O–H groups in total. The van der Waals surface area contributed by atoms with Crippen molar-refractivity contribution in [2.45, 2.75) is 19.4 Å². The molecule has 0 fully saturated rings. The van der Waals surface area contributed by atoms with Gasteiger partial charge in [-0.25, -0.2) is 4.39 Å². The molecular formula is C17H20FN3O4. The SMILES string of the molecule is CC[C@H](Oc1ccc(=O)n(-c2ccc(F)cc2)n1)C(=O)NCCOC. The van der Waals surface area contributed by atoms with Crippen LogP contribution >= 0.6 is 0 Å². The molecule has 7 nitrogen and oxygen atoms in total. The number of carbonyl (C=O) groups is 1. The summed E-state index contributed by atoms with van der Waals surface area (Å²) < 4.78 is 24.6. The fourth-order valence-electron chi connectivity index (χ4n) is 2.08. The van der Waals surface area contributed by atoms with Gasteiger partial charge in [0.05, 0.1) is 12.3 Å².